The van der Waals surface area contributed by atoms with Crippen LogP contribution >= 0.6 is 31.9 Å². The molecule has 0 saturated carbocycles. The van der Waals surface area contributed by atoms with E-state index in [4.69, 9.17) is 4.74 Å². The van der Waals surface area contributed by atoms with Gasteiger partial charge in [0, 0.05) is 20.1 Å². The van der Waals surface area contributed by atoms with E-state index in [1.54, 1.807) is 0 Å². The van der Waals surface area contributed by atoms with Crippen LogP contribution in [0.4, 0.5) is 0 Å². The van der Waals surface area contributed by atoms with Gasteiger partial charge in [-0.15, -0.1) is 0 Å². The molecule has 0 aliphatic rings. The van der Waals surface area contributed by atoms with Crippen LogP contribution in [0.25, 0.3) is 22.3 Å². The summed E-state index contributed by atoms with van der Waals surface area (Å²) in [6, 6.07) is 32.7. The molecule has 4 aromatic rings. The zero-order valence-corrected chi connectivity index (χ0v) is 17.6. The molecule has 0 fully saturated rings. The fraction of sp³-hybridized carbons (Fsp3) is 0. The first-order valence-corrected chi connectivity index (χ1v) is 10.2. The van der Waals surface area contributed by atoms with E-state index in [1.165, 1.54) is 0 Å². The first-order valence-electron chi connectivity index (χ1n) is 8.58. The molecule has 0 N–H and O–H groups in total. The summed E-state index contributed by atoms with van der Waals surface area (Å²) in [6.45, 7) is 0. The number of rotatable bonds is 4. The Morgan fingerprint density at radius 3 is 1.30 bits per heavy atom. The van der Waals surface area contributed by atoms with Crippen LogP contribution in [0.5, 0.6) is 11.5 Å². The summed E-state index contributed by atoms with van der Waals surface area (Å²) in [6.07, 6.45) is 0. The van der Waals surface area contributed by atoms with Gasteiger partial charge in [-0.2, -0.15) is 0 Å². The highest BCUT2D eigenvalue weighted by molar-refractivity contribution is 9.10. The van der Waals surface area contributed by atoms with Crippen molar-refractivity contribution in [1.82, 2.24) is 0 Å². The third-order valence-electron chi connectivity index (χ3n) is 4.27. The van der Waals surface area contributed by atoms with E-state index in [2.05, 4.69) is 68.3 Å². The predicted molar refractivity (Wildman–Crippen MR) is 119 cm³/mol. The Balaban J connectivity index is 1.80. The number of ether oxygens (including phenoxy) is 1. The number of benzene rings is 4. The predicted octanol–water partition coefficient (Wildman–Crippen LogP) is 8.34. The Labute approximate surface area is 175 Å². The van der Waals surface area contributed by atoms with Gasteiger partial charge in [-0.1, -0.05) is 92.5 Å². The minimum absolute atomic E-state index is 0.823. The third kappa shape index (κ3) is 4.15. The molecule has 0 radical (unpaired) electrons. The van der Waals surface area contributed by atoms with Crippen molar-refractivity contribution in [2.75, 3.05) is 0 Å². The minimum Gasteiger partial charge on any atom is -0.456 e. The van der Waals surface area contributed by atoms with Crippen molar-refractivity contribution in [2.45, 2.75) is 0 Å². The van der Waals surface area contributed by atoms with Gasteiger partial charge < -0.3 is 4.74 Å². The van der Waals surface area contributed by atoms with E-state index in [0.717, 1.165) is 42.7 Å². The van der Waals surface area contributed by atoms with Crippen LogP contribution in [0.3, 0.4) is 0 Å². The summed E-state index contributed by atoms with van der Waals surface area (Å²) >= 11 is 7.16. The molecule has 1 nitrogen and oxygen atoms in total. The summed E-state index contributed by atoms with van der Waals surface area (Å²) in [5, 5.41) is 0. The molecule has 0 saturated heterocycles. The fourth-order valence-electron chi connectivity index (χ4n) is 2.99. The quantitative estimate of drug-likeness (QED) is 0.285. The van der Waals surface area contributed by atoms with Crippen LogP contribution in [0.15, 0.2) is 106 Å². The van der Waals surface area contributed by atoms with Crippen molar-refractivity contribution in [3.63, 3.8) is 0 Å². The molecular weight excluding hydrogens is 464 g/mol. The summed E-state index contributed by atoms with van der Waals surface area (Å²) < 4.78 is 8.46. The van der Waals surface area contributed by atoms with Crippen LogP contribution in [0.2, 0.25) is 0 Å². The topological polar surface area (TPSA) is 9.23 Å². The lowest BCUT2D eigenvalue weighted by Gasteiger charge is -2.15. The first-order chi connectivity index (χ1) is 13.2. The van der Waals surface area contributed by atoms with E-state index in [9.17, 15) is 0 Å². The molecule has 0 bridgehead atoms. The molecule has 0 spiro atoms. The van der Waals surface area contributed by atoms with Gasteiger partial charge in [0.2, 0.25) is 0 Å². The van der Waals surface area contributed by atoms with Crippen molar-refractivity contribution in [3.8, 4) is 33.8 Å². The highest BCUT2D eigenvalue weighted by atomic mass is 79.9. The van der Waals surface area contributed by atoms with Gasteiger partial charge in [-0.05, 0) is 47.5 Å². The molecule has 27 heavy (non-hydrogen) atoms. The number of halogens is 2. The van der Waals surface area contributed by atoms with Gasteiger partial charge in [0.1, 0.15) is 11.5 Å². The molecule has 0 unspecified atom stereocenters. The van der Waals surface area contributed by atoms with Crippen LogP contribution in [0, 0.1) is 0 Å². The maximum atomic E-state index is 6.42. The van der Waals surface area contributed by atoms with Crippen LogP contribution < -0.4 is 4.74 Å². The van der Waals surface area contributed by atoms with E-state index >= 15 is 0 Å². The Morgan fingerprint density at radius 2 is 0.889 bits per heavy atom. The highest BCUT2D eigenvalue weighted by Gasteiger charge is 2.12. The fourth-order valence-corrected chi connectivity index (χ4v) is 3.71. The van der Waals surface area contributed by atoms with Gasteiger partial charge in [-0.25, -0.2) is 0 Å². The van der Waals surface area contributed by atoms with Crippen molar-refractivity contribution in [3.05, 3.63) is 106 Å². The van der Waals surface area contributed by atoms with Crippen molar-refractivity contribution < 1.29 is 4.74 Å². The molecule has 0 heterocycles. The van der Waals surface area contributed by atoms with Gasteiger partial charge in [0.15, 0.2) is 0 Å². The third-order valence-corrected chi connectivity index (χ3v) is 5.26. The summed E-state index contributed by atoms with van der Waals surface area (Å²) in [4.78, 5) is 0. The van der Waals surface area contributed by atoms with E-state index < -0.39 is 0 Å². The second-order valence-corrected chi connectivity index (χ2v) is 7.95. The van der Waals surface area contributed by atoms with Gasteiger partial charge >= 0.3 is 0 Å². The molecule has 0 atom stereocenters. The Kier molecular flexibility index (Phi) is 5.42. The monoisotopic (exact) mass is 478 g/mol. The lowest BCUT2D eigenvalue weighted by molar-refractivity contribution is 0.486. The molecule has 4 aromatic carbocycles. The zero-order valence-electron chi connectivity index (χ0n) is 14.4. The Hall–Kier alpha value is -2.36. The largest absolute Gasteiger partial charge is 0.456 e. The molecular formula is C24H16Br2O. The average Bonchev–Trinajstić information content (AvgIpc) is 2.72. The minimum atomic E-state index is 0.823. The second-order valence-electron chi connectivity index (χ2n) is 6.12. The SMILES string of the molecule is Brc1ccc(Oc2ccc(Br)cc2-c2ccccc2)c(-c2ccccc2)c1. The Bertz CT molecular complexity index is 973. The normalized spacial score (nSPS) is 10.6. The zero-order chi connectivity index (χ0) is 18.6. The summed E-state index contributed by atoms with van der Waals surface area (Å²) in [5.74, 6) is 1.65. The van der Waals surface area contributed by atoms with Crippen LogP contribution in [0.1, 0.15) is 0 Å². The maximum Gasteiger partial charge on any atom is 0.135 e. The molecule has 0 aliphatic carbocycles. The molecule has 3 heteroatoms. The summed E-state index contributed by atoms with van der Waals surface area (Å²) in [7, 11) is 0. The standard InChI is InChI=1S/C24H16Br2O/c25-19-11-13-23(21(15-19)17-7-3-1-4-8-17)27-24-14-12-20(26)16-22(24)18-9-5-2-6-10-18/h1-16H. The Morgan fingerprint density at radius 1 is 0.481 bits per heavy atom. The van der Waals surface area contributed by atoms with Crippen molar-refractivity contribution in [1.29, 1.82) is 0 Å². The molecule has 0 amide bonds. The smallest absolute Gasteiger partial charge is 0.135 e. The molecule has 0 aliphatic heterocycles. The lowest BCUT2D eigenvalue weighted by Crippen LogP contribution is -1.91. The maximum absolute atomic E-state index is 6.42. The van der Waals surface area contributed by atoms with E-state index in [-0.39, 0.29) is 0 Å². The first kappa shape index (κ1) is 18.0. The van der Waals surface area contributed by atoms with Gasteiger partial charge in [0.05, 0.1) is 0 Å². The summed E-state index contributed by atoms with van der Waals surface area (Å²) in [5.41, 5.74) is 4.33. The van der Waals surface area contributed by atoms with E-state index in [0.29, 0.717) is 0 Å². The van der Waals surface area contributed by atoms with Crippen LogP contribution in [-0.4, -0.2) is 0 Å². The van der Waals surface area contributed by atoms with Gasteiger partial charge in [-0.3, -0.25) is 0 Å². The van der Waals surface area contributed by atoms with Crippen molar-refractivity contribution >= 4 is 31.9 Å². The van der Waals surface area contributed by atoms with Gasteiger partial charge in [0.25, 0.3) is 0 Å². The average molecular weight is 480 g/mol. The molecule has 0 aromatic heterocycles. The second kappa shape index (κ2) is 8.12. The van der Waals surface area contributed by atoms with E-state index in [1.807, 2.05) is 60.7 Å². The van der Waals surface area contributed by atoms with Crippen molar-refractivity contribution in [2.24, 2.45) is 0 Å². The number of hydrogen-bond acceptors (Lipinski definition) is 1. The molecule has 132 valence electrons. The number of hydrogen-bond donors (Lipinski definition) is 0. The lowest BCUT2D eigenvalue weighted by atomic mass is 10.0. The highest BCUT2D eigenvalue weighted by Crippen LogP contribution is 2.40. The van der Waals surface area contributed by atoms with Crippen LogP contribution in [-0.2, 0) is 0 Å². The molecule has 4 rings (SSSR count).